The van der Waals surface area contributed by atoms with Crippen LogP contribution in [-0.2, 0) is 11.3 Å². The summed E-state index contributed by atoms with van der Waals surface area (Å²) in [6.45, 7) is 4.45. The van der Waals surface area contributed by atoms with Gasteiger partial charge in [0.15, 0.2) is 0 Å². The number of halogens is 1. The van der Waals surface area contributed by atoms with E-state index in [1.54, 1.807) is 6.08 Å². The molecule has 0 heterocycles. The molecule has 0 aliphatic heterocycles. The molecule has 1 aromatic rings. The Hall–Kier alpha value is -1.41. The van der Waals surface area contributed by atoms with Gasteiger partial charge < -0.3 is 4.74 Å². The molecule has 92 valence electrons. The van der Waals surface area contributed by atoms with Crippen molar-refractivity contribution >= 4 is 0 Å². The molecule has 0 saturated carbocycles. The van der Waals surface area contributed by atoms with Crippen LogP contribution in [0.25, 0.3) is 0 Å². The highest BCUT2D eigenvalue weighted by atomic mass is 19.1. The molecule has 0 saturated heterocycles. The third kappa shape index (κ3) is 6.69. The third-order valence-electron chi connectivity index (χ3n) is 2.36. The third-order valence-corrected chi connectivity index (χ3v) is 2.36. The van der Waals surface area contributed by atoms with Gasteiger partial charge in [-0.05, 0) is 30.9 Å². The van der Waals surface area contributed by atoms with Crippen LogP contribution in [0, 0.1) is 0 Å². The minimum atomic E-state index is -0.0973. The predicted molar refractivity (Wildman–Crippen MR) is 69.3 cm³/mol. The molecule has 17 heavy (non-hydrogen) atoms. The molecule has 0 fully saturated rings. The topological polar surface area (TPSA) is 9.23 Å². The normalized spacial score (nSPS) is 11.5. The van der Waals surface area contributed by atoms with E-state index in [1.165, 1.54) is 6.08 Å². The zero-order valence-electron chi connectivity index (χ0n) is 10.1. The molecule has 0 bridgehead atoms. The second-order valence-electron chi connectivity index (χ2n) is 3.83. The van der Waals surface area contributed by atoms with Gasteiger partial charge in [0.1, 0.15) is 0 Å². The Morgan fingerprint density at radius 3 is 2.76 bits per heavy atom. The summed E-state index contributed by atoms with van der Waals surface area (Å²) in [4.78, 5) is 0. The molecule has 0 N–H and O–H groups in total. The first kappa shape index (κ1) is 13.7. The summed E-state index contributed by atoms with van der Waals surface area (Å²) in [7, 11) is 0. The second-order valence-corrected chi connectivity index (χ2v) is 3.83. The quantitative estimate of drug-likeness (QED) is 0.478. The zero-order chi connectivity index (χ0) is 12.3. The highest BCUT2D eigenvalue weighted by Crippen LogP contribution is 2.09. The Morgan fingerprint density at radius 1 is 1.29 bits per heavy atom. The van der Waals surface area contributed by atoms with Crippen LogP contribution < -0.4 is 0 Å². The highest BCUT2D eigenvalue weighted by Gasteiger charge is 1.94. The second kappa shape index (κ2) is 8.71. The van der Waals surface area contributed by atoms with E-state index in [4.69, 9.17) is 4.74 Å². The maximum atomic E-state index is 13.2. The smallest absolute Gasteiger partial charge is 0.0982 e. The van der Waals surface area contributed by atoms with Crippen LogP contribution in [0.2, 0.25) is 0 Å². The van der Waals surface area contributed by atoms with Gasteiger partial charge in [0.05, 0.1) is 19.0 Å². The molecule has 0 unspecified atom stereocenters. The van der Waals surface area contributed by atoms with E-state index in [-0.39, 0.29) is 5.83 Å². The molecule has 0 aliphatic carbocycles. The lowest BCUT2D eigenvalue weighted by Crippen LogP contribution is -1.93. The van der Waals surface area contributed by atoms with E-state index in [9.17, 15) is 4.39 Å². The minimum absolute atomic E-state index is 0.0973. The maximum Gasteiger partial charge on any atom is 0.0982 e. The van der Waals surface area contributed by atoms with Crippen LogP contribution in [0.1, 0.15) is 24.8 Å². The molecule has 0 aromatic heterocycles. The standard InChI is InChI=1S/C15H19FO/c1-2-3-5-10-15(16)11-12-17-13-14-8-6-4-7-9-14/h2,4,6-9,11H,1,3,5,10,12-13H2/b15-11-. The lowest BCUT2D eigenvalue weighted by atomic mass is 10.2. The highest BCUT2D eigenvalue weighted by molar-refractivity contribution is 5.13. The van der Waals surface area contributed by atoms with E-state index in [0.717, 1.165) is 18.4 Å². The Morgan fingerprint density at radius 2 is 2.06 bits per heavy atom. The first-order valence-electron chi connectivity index (χ1n) is 5.90. The van der Waals surface area contributed by atoms with Crippen LogP contribution in [0.4, 0.5) is 4.39 Å². The van der Waals surface area contributed by atoms with Crippen molar-refractivity contribution in [2.24, 2.45) is 0 Å². The summed E-state index contributed by atoms with van der Waals surface area (Å²) in [6, 6.07) is 9.87. The average molecular weight is 234 g/mol. The van der Waals surface area contributed by atoms with Gasteiger partial charge in [-0.2, -0.15) is 0 Å². The molecular formula is C15H19FO. The molecule has 1 aromatic carbocycles. The van der Waals surface area contributed by atoms with E-state index in [0.29, 0.717) is 19.6 Å². The van der Waals surface area contributed by atoms with E-state index >= 15 is 0 Å². The number of benzene rings is 1. The molecule has 2 heteroatoms. The van der Waals surface area contributed by atoms with E-state index in [2.05, 4.69) is 6.58 Å². The van der Waals surface area contributed by atoms with Crippen molar-refractivity contribution in [2.45, 2.75) is 25.9 Å². The van der Waals surface area contributed by atoms with Crippen LogP contribution >= 0.6 is 0 Å². The Labute approximate surface area is 103 Å². The Balaban J connectivity index is 2.14. The average Bonchev–Trinajstić information content (AvgIpc) is 2.36. The van der Waals surface area contributed by atoms with Gasteiger partial charge in [-0.25, -0.2) is 4.39 Å². The summed E-state index contributed by atoms with van der Waals surface area (Å²) >= 11 is 0. The molecular weight excluding hydrogens is 215 g/mol. The largest absolute Gasteiger partial charge is 0.373 e. The fourth-order valence-corrected chi connectivity index (χ4v) is 1.42. The van der Waals surface area contributed by atoms with Gasteiger partial charge in [-0.1, -0.05) is 36.4 Å². The lowest BCUT2D eigenvalue weighted by molar-refractivity contribution is 0.147. The number of allylic oxidation sites excluding steroid dienone is 2. The first-order chi connectivity index (χ1) is 8.33. The molecule has 0 aliphatic rings. The Kier molecular flexibility index (Phi) is 6.99. The SMILES string of the molecule is C=CCCC/C(F)=C/COCc1ccccc1. The minimum Gasteiger partial charge on any atom is -0.373 e. The van der Waals surface area contributed by atoms with Crippen molar-refractivity contribution in [3.8, 4) is 0 Å². The lowest BCUT2D eigenvalue weighted by Gasteiger charge is -2.01. The summed E-state index contributed by atoms with van der Waals surface area (Å²) in [5.74, 6) is -0.0973. The van der Waals surface area contributed by atoms with E-state index < -0.39 is 0 Å². The molecule has 1 nitrogen and oxygen atoms in total. The summed E-state index contributed by atoms with van der Waals surface area (Å²) in [6.07, 6.45) is 5.45. The zero-order valence-corrected chi connectivity index (χ0v) is 10.1. The first-order valence-corrected chi connectivity index (χ1v) is 5.90. The van der Waals surface area contributed by atoms with Crippen molar-refractivity contribution in [1.82, 2.24) is 0 Å². The van der Waals surface area contributed by atoms with Crippen LogP contribution in [-0.4, -0.2) is 6.61 Å². The van der Waals surface area contributed by atoms with Gasteiger partial charge >= 0.3 is 0 Å². The van der Waals surface area contributed by atoms with Crippen LogP contribution in [0.15, 0.2) is 54.9 Å². The van der Waals surface area contributed by atoms with Crippen molar-refractivity contribution in [3.05, 3.63) is 60.5 Å². The van der Waals surface area contributed by atoms with Crippen LogP contribution in [0.5, 0.6) is 0 Å². The van der Waals surface area contributed by atoms with Gasteiger partial charge in [0, 0.05) is 0 Å². The van der Waals surface area contributed by atoms with Crippen molar-refractivity contribution in [2.75, 3.05) is 6.61 Å². The summed E-state index contributed by atoms with van der Waals surface area (Å²) in [5.41, 5.74) is 1.10. The van der Waals surface area contributed by atoms with Crippen molar-refractivity contribution in [1.29, 1.82) is 0 Å². The number of rotatable bonds is 8. The van der Waals surface area contributed by atoms with Gasteiger partial charge in [0.2, 0.25) is 0 Å². The van der Waals surface area contributed by atoms with Gasteiger partial charge in [-0.15, -0.1) is 6.58 Å². The number of hydrogen-bond donors (Lipinski definition) is 0. The fraction of sp³-hybridized carbons (Fsp3) is 0.333. The fourth-order valence-electron chi connectivity index (χ4n) is 1.42. The molecule has 1 rings (SSSR count). The van der Waals surface area contributed by atoms with Gasteiger partial charge in [-0.3, -0.25) is 0 Å². The predicted octanol–water partition coefficient (Wildman–Crippen LogP) is 4.41. The number of ether oxygens (including phenoxy) is 1. The van der Waals surface area contributed by atoms with Crippen molar-refractivity contribution < 1.29 is 9.13 Å². The van der Waals surface area contributed by atoms with Crippen LogP contribution in [0.3, 0.4) is 0 Å². The summed E-state index contributed by atoms with van der Waals surface area (Å²) in [5, 5.41) is 0. The Bertz CT molecular complexity index is 343. The van der Waals surface area contributed by atoms with Crippen molar-refractivity contribution in [3.63, 3.8) is 0 Å². The monoisotopic (exact) mass is 234 g/mol. The maximum absolute atomic E-state index is 13.2. The van der Waals surface area contributed by atoms with Gasteiger partial charge in [0.25, 0.3) is 0 Å². The molecule has 0 radical (unpaired) electrons. The number of unbranched alkanes of at least 4 members (excludes halogenated alkanes) is 1. The van der Waals surface area contributed by atoms with E-state index in [1.807, 2.05) is 30.3 Å². The molecule has 0 spiro atoms. The number of hydrogen-bond acceptors (Lipinski definition) is 1. The molecule has 0 amide bonds. The molecule has 0 atom stereocenters. The summed E-state index contributed by atoms with van der Waals surface area (Å²) < 4.78 is 18.6.